The minimum absolute atomic E-state index is 0.00989. The van der Waals surface area contributed by atoms with E-state index in [1.54, 1.807) is 38.1 Å². The SMILES string of the molecule is CCS(=O)(=O)CCNC(=O)c1cccc(NS(=O)(=O)c2cc(C(C)(C)C)ccc2C)c1. The number of carbonyl (C=O) groups is 1. The van der Waals surface area contributed by atoms with Crippen LogP contribution in [-0.4, -0.2) is 40.8 Å². The molecule has 9 heteroatoms. The van der Waals surface area contributed by atoms with Crippen LogP contribution in [0.25, 0.3) is 0 Å². The van der Waals surface area contributed by atoms with Crippen LogP contribution in [0.3, 0.4) is 0 Å². The van der Waals surface area contributed by atoms with Crippen LogP contribution in [-0.2, 0) is 25.3 Å². The third-order valence-corrected chi connectivity index (χ3v) is 8.09. The Hall–Kier alpha value is -2.39. The Morgan fingerprint density at radius 3 is 2.29 bits per heavy atom. The Balaban J connectivity index is 2.21. The molecule has 0 saturated carbocycles. The average Bonchev–Trinajstić information content (AvgIpc) is 2.67. The molecule has 0 aliphatic carbocycles. The molecule has 0 spiro atoms. The number of sulfonamides is 1. The van der Waals surface area contributed by atoms with Crippen molar-refractivity contribution in [3.63, 3.8) is 0 Å². The van der Waals surface area contributed by atoms with Crippen molar-refractivity contribution in [1.82, 2.24) is 5.32 Å². The van der Waals surface area contributed by atoms with Gasteiger partial charge in [-0.2, -0.15) is 0 Å². The lowest BCUT2D eigenvalue weighted by molar-refractivity contribution is 0.0956. The molecule has 0 saturated heterocycles. The summed E-state index contributed by atoms with van der Waals surface area (Å²) in [6.07, 6.45) is 0. The molecule has 0 bridgehead atoms. The van der Waals surface area contributed by atoms with E-state index >= 15 is 0 Å². The number of hydrogen-bond donors (Lipinski definition) is 2. The Labute approximate surface area is 185 Å². The molecule has 0 unspecified atom stereocenters. The fraction of sp³-hybridized carbons (Fsp3) is 0.409. The summed E-state index contributed by atoms with van der Waals surface area (Å²) in [5.74, 6) is -0.612. The molecule has 0 fully saturated rings. The first-order valence-electron chi connectivity index (χ1n) is 9.98. The highest BCUT2D eigenvalue weighted by molar-refractivity contribution is 7.92. The Bertz CT molecular complexity index is 1160. The zero-order valence-electron chi connectivity index (χ0n) is 18.5. The Kier molecular flexibility index (Phi) is 7.54. The van der Waals surface area contributed by atoms with Crippen LogP contribution >= 0.6 is 0 Å². The lowest BCUT2D eigenvalue weighted by Crippen LogP contribution is -2.29. The molecule has 7 nitrogen and oxygen atoms in total. The summed E-state index contributed by atoms with van der Waals surface area (Å²) in [5.41, 5.74) is 1.78. The van der Waals surface area contributed by atoms with Gasteiger partial charge in [0, 0.05) is 23.5 Å². The highest BCUT2D eigenvalue weighted by atomic mass is 32.2. The maximum atomic E-state index is 13.0. The summed E-state index contributed by atoms with van der Waals surface area (Å²) in [7, 11) is -7.05. The molecule has 0 radical (unpaired) electrons. The van der Waals surface area contributed by atoms with Crippen molar-refractivity contribution in [3.8, 4) is 0 Å². The van der Waals surface area contributed by atoms with Crippen molar-refractivity contribution >= 4 is 31.5 Å². The number of sulfone groups is 1. The maximum absolute atomic E-state index is 13.0. The highest BCUT2D eigenvalue weighted by Gasteiger charge is 2.22. The van der Waals surface area contributed by atoms with Gasteiger partial charge < -0.3 is 5.32 Å². The number of nitrogens with one attached hydrogen (secondary N) is 2. The van der Waals surface area contributed by atoms with Gasteiger partial charge in [-0.1, -0.05) is 45.9 Å². The van der Waals surface area contributed by atoms with E-state index in [1.807, 2.05) is 26.8 Å². The minimum atomic E-state index is -3.87. The number of anilines is 1. The van der Waals surface area contributed by atoms with E-state index in [-0.39, 0.29) is 39.6 Å². The van der Waals surface area contributed by atoms with Crippen LogP contribution in [0.5, 0.6) is 0 Å². The molecule has 0 atom stereocenters. The van der Waals surface area contributed by atoms with Crippen LogP contribution in [0.1, 0.15) is 49.2 Å². The summed E-state index contributed by atoms with van der Waals surface area (Å²) >= 11 is 0. The quantitative estimate of drug-likeness (QED) is 0.621. The molecule has 0 aromatic heterocycles. The largest absolute Gasteiger partial charge is 0.351 e. The number of carbonyl (C=O) groups excluding carboxylic acids is 1. The van der Waals surface area contributed by atoms with E-state index in [0.29, 0.717) is 5.56 Å². The molecule has 0 heterocycles. The topological polar surface area (TPSA) is 109 Å². The minimum Gasteiger partial charge on any atom is -0.351 e. The molecule has 2 N–H and O–H groups in total. The van der Waals surface area contributed by atoms with Crippen LogP contribution in [0.15, 0.2) is 47.4 Å². The van der Waals surface area contributed by atoms with Crippen molar-refractivity contribution in [2.75, 3.05) is 22.8 Å². The van der Waals surface area contributed by atoms with Crippen LogP contribution < -0.4 is 10.0 Å². The first-order valence-corrected chi connectivity index (χ1v) is 13.3. The predicted octanol–water partition coefficient (Wildman–Crippen LogP) is 3.26. The zero-order chi connectivity index (χ0) is 23.4. The van der Waals surface area contributed by atoms with Crippen molar-refractivity contribution in [1.29, 1.82) is 0 Å². The monoisotopic (exact) mass is 466 g/mol. The van der Waals surface area contributed by atoms with Crippen LogP contribution in [0.4, 0.5) is 5.69 Å². The fourth-order valence-corrected chi connectivity index (χ4v) is 4.88. The van der Waals surface area contributed by atoms with Gasteiger partial charge in [0.05, 0.1) is 10.6 Å². The molecule has 2 rings (SSSR count). The van der Waals surface area contributed by atoms with Gasteiger partial charge in [-0.3, -0.25) is 9.52 Å². The summed E-state index contributed by atoms with van der Waals surface area (Å²) in [5, 5.41) is 2.55. The molecular formula is C22H30N2O5S2. The molecular weight excluding hydrogens is 436 g/mol. The summed E-state index contributed by atoms with van der Waals surface area (Å²) in [6, 6.07) is 11.4. The van der Waals surface area contributed by atoms with Gasteiger partial charge in [0.2, 0.25) is 0 Å². The van der Waals surface area contributed by atoms with E-state index in [1.165, 1.54) is 12.1 Å². The van der Waals surface area contributed by atoms with Crippen LogP contribution in [0.2, 0.25) is 0 Å². The molecule has 31 heavy (non-hydrogen) atoms. The zero-order valence-corrected chi connectivity index (χ0v) is 20.2. The van der Waals surface area contributed by atoms with E-state index in [9.17, 15) is 21.6 Å². The molecule has 2 aromatic rings. The van der Waals surface area contributed by atoms with Gasteiger partial charge in [-0.15, -0.1) is 0 Å². The summed E-state index contributed by atoms with van der Waals surface area (Å²) in [6.45, 7) is 9.30. The lowest BCUT2D eigenvalue weighted by Gasteiger charge is -2.21. The van der Waals surface area contributed by atoms with E-state index in [0.717, 1.165) is 5.56 Å². The van der Waals surface area contributed by atoms with E-state index in [2.05, 4.69) is 10.0 Å². The Morgan fingerprint density at radius 1 is 1.00 bits per heavy atom. The normalized spacial score (nSPS) is 12.4. The van der Waals surface area contributed by atoms with Crippen molar-refractivity contribution in [2.24, 2.45) is 0 Å². The number of rotatable bonds is 8. The van der Waals surface area contributed by atoms with Crippen molar-refractivity contribution in [3.05, 3.63) is 59.2 Å². The molecule has 1 amide bonds. The third-order valence-electron chi connectivity index (χ3n) is 4.86. The van der Waals surface area contributed by atoms with Gasteiger partial charge in [0.15, 0.2) is 9.84 Å². The van der Waals surface area contributed by atoms with Gasteiger partial charge >= 0.3 is 0 Å². The third kappa shape index (κ3) is 6.80. The molecule has 2 aromatic carbocycles. The predicted molar refractivity (Wildman–Crippen MR) is 124 cm³/mol. The number of benzene rings is 2. The molecule has 0 aliphatic heterocycles. The number of aryl methyl sites for hydroxylation is 1. The number of hydrogen-bond acceptors (Lipinski definition) is 5. The standard InChI is InChI=1S/C22H30N2O5S2/c1-6-30(26,27)13-12-23-21(25)17-8-7-9-19(14-17)24-31(28,29)20-15-18(22(3,4)5)11-10-16(20)2/h7-11,14-15,24H,6,12-13H2,1-5H3,(H,23,25). The summed E-state index contributed by atoms with van der Waals surface area (Å²) in [4.78, 5) is 12.5. The average molecular weight is 467 g/mol. The highest BCUT2D eigenvalue weighted by Crippen LogP contribution is 2.28. The molecule has 0 aliphatic rings. The van der Waals surface area contributed by atoms with Gasteiger partial charge in [-0.05, 0) is 47.7 Å². The smallest absolute Gasteiger partial charge is 0.262 e. The Morgan fingerprint density at radius 2 is 1.68 bits per heavy atom. The van der Waals surface area contributed by atoms with E-state index in [4.69, 9.17) is 0 Å². The number of amides is 1. The fourth-order valence-electron chi connectivity index (χ4n) is 2.86. The first-order chi connectivity index (χ1) is 14.2. The maximum Gasteiger partial charge on any atom is 0.262 e. The van der Waals surface area contributed by atoms with Gasteiger partial charge in [-0.25, -0.2) is 16.8 Å². The van der Waals surface area contributed by atoms with E-state index < -0.39 is 25.8 Å². The second-order valence-corrected chi connectivity index (χ2v) is 12.5. The van der Waals surface area contributed by atoms with Crippen LogP contribution in [0, 0.1) is 6.92 Å². The van der Waals surface area contributed by atoms with Gasteiger partial charge in [0.1, 0.15) is 0 Å². The first kappa shape index (κ1) is 24.9. The van der Waals surface area contributed by atoms with Gasteiger partial charge in [0.25, 0.3) is 15.9 Å². The second kappa shape index (κ2) is 9.40. The second-order valence-electron chi connectivity index (χ2n) is 8.41. The summed E-state index contributed by atoms with van der Waals surface area (Å²) < 4.78 is 51.7. The van der Waals surface area contributed by atoms with Crippen molar-refractivity contribution < 1.29 is 21.6 Å². The lowest BCUT2D eigenvalue weighted by atomic mass is 9.87. The molecule has 170 valence electrons. The van der Waals surface area contributed by atoms with Crippen molar-refractivity contribution in [2.45, 2.75) is 44.9 Å².